The summed E-state index contributed by atoms with van der Waals surface area (Å²) in [5.41, 5.74) is 1.96. The topological polar surface area (TPSA) is 50.8 Å². The van der Waals surface area contributed by atoms with E-state index in [1.54, 1.807) is 7.11 Å². The number of rotatable bonds is 6. The molecule has 1 unspecified atom stereocenters. The van der Waals surface area contributed by atoms with Crippen LogP contribution >= 0.6 is 0 Å². The van der Waals surface area contributed by atoms with Crippen LogP contribution in [0.25, 0.3) is 0 Å². The van der Waals surface area contributed by atoms with E-state index < -0.39 is 0 Å². The number of hydrogen-bond acceptors (Lipinski definition) is 4. The Morgan fingerprint density at radius 1 is 1.20 bits per heavy atom. The molecule has 1 fully saturated rings. The molecule has 3 rings (SSSR count). The number of ether oxygens (including phenoxy) is 2. The van der Waals surface area contributed by atoms with Crippen LogP contribution < -0.4 is 15.0 Å². The van der Waals surface area contributed by atoms with Crippen LogP contribution in [0.4, 0.5) is 5.69 Å². The number of anilines is 1. The summed E-state index contributed by atoms with van der Waals surface area (Å²) < 4.78 is 10.7. The molecule has 0 radical (unpaired) electrons. The lowest BCUT2D eigenvalue weighted by Crippen LogP contribution is -2.45. The molecule has 1 aliphatic heterocycles. The zero-order chi connectivity index (χ0) is 17.5. The van der Waals surface area contributed by atoms with E-state index in [0.717, 1.165) is 23.5 Å². The molecule has 1 aliphatic rings. The van der Waals surface area contributed by atoms with E-state index in [-0.39, 0.29) is 11.9 Å². The van der Waals surface area contributed by atoms with E-state index in [1.807, 2.05) is 59.5 Å². The molecule has 1 atom stereocenters. The van der Waals surface area contributed by atoms with Gasteiger partial charge in [-0.25, -0.2) is 0 Å². The predicted octanol–water partition coefficient (Wildman–Crippen LogP) is 2.61. The molecular formula is C20H24N2O3. The Bertz CT molecular complexity index is 667. The van der Waals surface area contributed by atoms with Crippen molar-refractivity contribution in [3.63, 3.8) is 0 Å². The highest BCUT2D eigenvalue weighted by atomic mass is 16.5. The highest BCUT2D eigenvalue weighted by Crippen LogP contribution is 2.22. The lowest BCUT2D eigenvalue weighted by Gasteiger charge is -2.28. The minimum Gasteiger partial charge on any atom is -0.497 e. The molecule has 1 saturated heterocycles. The van der Waals surface area contributed by atoms with Gasteiger partial charge in [-0.3, -0.25) is 4.79 Å². The molecule has 5 heteroatoms. The molecule has 2 aromatic rings. The quantitative estimate of drug-likeness (QED) is 0.878. The van der Waals surface area contributed by atoms with Crippen LogP contribution in [0.2, 0.25) is 0 Å². The first-order valence-electron chi connectivity index (χ1n) is 8.56. The van der Waals surface area contributed by atoms with Gasteiger partial charge in [-0.1, -0.05) is 30.3 Å². The summed E-state index contributed by atoms with van der Waals surface area (Å²) in [7, 11) is 1.64. The van der Waals surface area contributed by atoms with Crippen molar-refractivity contribution in [2.24, 2.45) is 0 Å². The van der Waals surface area contributed by atoms with Crippen molar-refractivity contribution in [1.82, 2.24) is 5.32 Å². The van der Waals surface area contributed by atoms with Crippen molar-refractivity contribution in [2.45, 2.75) is 19.0 Å². The predicted molar refractivity (Wildman–Crippen MR) is 97.9 cm³/mol. The molecule has 25 heavy (non-hydrogen) atoms. The van der Waals surface area contributed by atoms with Gasteiger partial charge in [0.25, 0.3) is 0 Å². The van der Waals surface area contributed by atoms with Crippen molar-refractivity contribution in [1.29, 1.82) is 0 Å². The molecule has 1 amide bonds. The summed E-state index contributed by atoms with van der Waals surface area (Å²) in [6, 6.07) is 17.7. The largest absolute Gasteiger partial charge is 0.497 e. The normalized spacial score (nSPS) is 17.1. The Kier molecular flexibility index (Phi) is 6.04. The van der Waals surface area contributed by atoms with Gasteiger partial charge in [-0.15, -0.1) is 0 Å². The second kappa shape index (κ2) is 8.65. The van der Waals surface area contributed by atoms with Gasteiger partial charge in [0.1, 0.15) is 5.75 Å². The van der Waals surface area contributed by atoms with Crippen LogP contribution in [-0.2, 0) is 16.1 Å². The van der Waals surface area contributed by atoms with E-state index in [2.05, 4.69) is 5.32 Å². The summed E-state index contributed by atoms with van der Waals surface area (Å²) >= 11 is 0. The minimum atomic E-state index is 0.0674. The second-order valence-corrected chi connectivity index (χ2v) is 6.09. The molecule has 132 valence electrons. The smallest absolute Gasteiger partial charge is 0.228 e. The Morgan fingerprint density at radius 2 is 1.96 bits per heavy atom. The van der Waals surface area contributed by atoms with Crippen LogP contribution in [0.5, 0.6) is 5.75 Å². The molecular weight excluding hydrogens is 316 g/mol. The number of carbonyl (C=O) groups excluding carboxylic acids is 1. The molecule has 1 N–H and O–H groups in total. The third-order valence-corrected chi connectivity index (χ3v) is 4.29. The van der Waals surface area contributed by atoms with Crippen LogP contribution in [0.1, 0.15) is 12.0 Å². The zero-order valence-electron chi connectivity index (χ0n) is 14.5. The monoisotopic (exact) mass is 340 g/mol. The molecule has 2 aromatic carbocycles. The number of methoxy groups -OCH3 is 1. The number of benzene rings is 2. The van der Waals surface area contributed by atoms with Gasteiger partial charge in [0.15, 0.2) is 0 Å². The molecule has 1 heterocycles. The van der Waals surface area contributed by atoms with Gasteiger partial charge in [-0.05, 0) is 29.8 Å². The lowest BCUT2D eigenvalue weighted by atomic mass is 10.1. The maximum absolute atomic E-state index is 13.0. The van der Waals surface area contributed by atoms with Crippen LogP contribution in [0, 0.1) is 0 Å². The maximum Gasteiger partial charge on any atom is 0.228 e. The minimum absolute atomic E-state index is 0.0674. The Hall–Kier alpha value is -2.37. The SMILES string of the molecule is COc1ccc(N(Cc2ccccc2)C(=O)CC2COCCN2)cc1. The van der Waals surface area contributed by atoms with Crippen molar-refractivity contribution in [3.8, 4) is 5.75 Å². The number of hydrogen-bond donors (Lipinski definition) is 1. The van der Waals surface area contributed by atoms with Gasteiger partial charge in [0.2, 0.25) is 5.91 Å². The third-order valence-electron chi connectivity index (χ3n) is 4.29. The van der Waals surface area contributed by atoms with Crippen LogP contribution in [-0.4, -0.2) is 38.8 Å². The second-order valence-electron chi connectivity index (χ2n) is 6.09. The summed E-state index contributed by atoms with van der Waals surface area (Å²) in [6.45, 7) is 2.61. The fourth-order valence-electron chi connectivity index (χ4n) is 2.92. The Balaban J connectivity index is 1.78. The summed E-state index contributed by atoms with van der Waals surface area (Å²) in [5.74, 6) is 0.857. The fourth-order valence-corrected chi connectivity index (χ4v) is 2.92. The number of carbonyl (C=O) groups is 1. The molecule has 0 saturated carbocycles. The van der Waals surface area contributed by atoms with E-state index in [4.69, 9.17) is 9.47 Å². The number of amides is 1. The highest BCUT2D eigenvalue weighted by molar-refractivity contribution is 5.93. The summed E-state index contributed by atoms with van der Waals surface area (Å²) in [6.07, 6.45) is 0.416. The molecule has 5 nitrogen and oxygen atoms in total. The third kappa shape index (κ3) is 4.81. The molecule has 0 spiro atoms. The van der Waals surface area contributed by atoms with Crippen LogP contribution in [0.15, 0.2) is 54.6 Å². The van der Waals surface area contributed by atoms with Crippen molar-refractivity contribution >= 4 is 11.6 Å². The first kappa shape index (κ1) is 17.5. The van der Waals surface area contributed by atoms with Crippen molar-refractivity contribution in [2.75, 3.05) is 31.8 Å². The van der Waals surface area contributed by atoms with Gasteiger partial charge in [0, 0.05) is 24.7 Å². The van der Waals surface area contributed by atoms with E-state index >= 15 is 0 Å². The maximum atomic E-state index is 13.0. The standard InChI is InChI=1S/C20H24N2O3/c1-24-19-9-7-18(8-10-19)22(14-16-5-3-2-4-6-16)20(23)13-17-15-25-12-11-21-17/h2-10,17,21H,11-15H2,1H3. The molecule has 0 aliphatic carbocycles. The average Bonchev–Trinajstić information content (AvgIpc) is 2.68. The van der Waals surface area contributed by atoms with E-state index in [1.165, 1.54) is 0 Å². The van der Waals surface area contributed by atoms with E-state index in [9.17, 15) is 4.79 Å². The lowest BCUT2D eigenvalue weighted by molar-refractivity contribution is -0.119. The van der Waals surface area contributed by atoms with Gasteiger partial charge in [0.05, 0.1) is 26.9 Å². The number of morpholine rings is 1. The zero-order valence-corrected chi connectivity index (χ0v) is 14.5. The van der Waals surface area contributed by atoms with Crippen molar-refractivity contribution in [3.05, 3.63) is 60.2 Å². The molecule has 0 bridgehead atoms. The first-order valence-corrected chi connectivity index (χ1v) is 8.56. The Morgan fingerprint density at radius 3 is 2.60 bits per heavy atom. The first-order chi connectivity index (χ1) is 12.3. The summed E-state index contributed by atoms with van der Waals surface area (Å²) in [5, 5.41) is 3.35. The summed E-state index contributed by atoms with van der Waals surface area (Å²) in [4.78, 5) is 14.8. The van der Waals surface area contributed by atoms with Gasteiger partial charge < -0.3 is 19.7 Å². The average molecular weight is 340 g/mol. The number of nitrogens with zero attached hydrogens (tertiary/aromatic N) is 1. The van der Waals surface area contributed by atoms with Gasteiger partial charge in [-0.2, -0.15) is 0 Å². The fraction of sp³-hybridized carbons (Fsp3) is 0.350. The van der Waals surface area contributed by atoms with E-state index in [0.29, 0.717) is 26.2 Å². The van der Waals surface area contributed by atoms with Crippen molar-refractivity contribution < 1.29 is 14.3 Å². The molecule has 0 aromatic heterocycles. The highest BCUT2D eigenvalue weighted by Gasteiger charge is 2.22. The van der Waals surface area contributed by atoms with Gasteiger partial charge >= 0.3 is 0 Å². The Labute approximate surface area is 148 Å². The number of nitrogens with one attached hydrogen (secondary N) is 1. The van der Waals surface area contributed by atoms with Crippen LogP contribution in [0.3, 0.4) is 0 Å².